The molecule has 0 unspecified atom stereocenters. The van der Waals surface area contributed by atoms with Gasteiger partial charge in [0.05, 0.1) is 0 Å². The van der Waals surface area contributed by atoms with Gasteiger partial charge in [0.15, 0.2) is 0 Å². The zero-order valence-corrected chi connectivity index (χ0v) is 17.0. The van der Waals surface area contributed by atoms with Crippen LogP contribution in [-0.2, 0) is 0 Å². The zero-order chi connectivity index (χ0) is 14.9. The minimum atomic E-state index is -1.06. The molecule has 0 bridgehead atoms. The monoisotopic (exact) mass is 538 g/mol. The van der Waals surface area contributed by atoms with Crippen molar-refractivity contribution in [2.75, 3.05) is 0 Å². The Morgan fingerprint density at radius 3 is 1.38 bits per heavy atom. The molecule has 0 aliphatic rings. The van der Waals surface area contributed by atoms with E-state index in [1.54, 1.807) is 0 Å². The Morgan fingerprint density at radius 2 is 1.00 bits per heavy atom. The average molecular weight is 539 g/mol. The summed E-state index contributed by atoms with van der Waals surface area (Å²) in [5.74, 6) is 0. The third kappa shape index (κ3) is 5.20. The second kappa shape index (κ2) is 9.34. The molecule has 0 N–H and O–H groups in total. The van der Waals surface area contributed by atoms with Gasteiger partial charge in [-0.3, -0.25) is 0 Å². The van der Waals surface area contributed by atoms with Crippen molar-refractivity contribution in [3.63, 3.8) is 0 Å². The standard InChI is InChI=1S/2C9H7.2ClH.U/c2*1-2-5-9-7-3-6-8(9)4-1;;;/h2*1-7H;2*1H;/q2*-1;;;+2/p-2. The number of rotatable bonds is 0. The molecule has 0 aliphatic heterocycles. The van der Waals surface area contributed by atoms with E-state index in [1.807, 2.05) is 0 Å². The summed E-state index contributed by atoms with van der Waals surface area (Å²) in [6.45, 7) is 0. The second-order valence-electron chi connectivity index (χ2n) is 4.38. The van der Waals surface area contributed by atoms with Crippen molar-refractivity contribution in [3.8, 4) is 0 Å². The van der Waals surface area contributed by atoms with Crippen LogP contribution >= 0.6 is 15.2 Å². The van der Waals surface area contributed by atoms with Crippen molar-refractivity contribution in [2.45, 2.75) is 0 Å². The topological polar surface area (TPSA) is 0 Å². The molecule has 0 atom stereocenters. The number of hydrogen-bond donors (Lipinski definition) is 0. The van der Waals surface area contributed by atoms with E-state index < -0.39 is 25.1 Å². The smallest absolute Gasteiger partial charge is 0.0809 e. The summed E-state index contributed by atoms with van der Waals surface area (Å²) >= 11 is -1.06. The largest absolute Gasteiger partial charge is 0.168 e. The molecular weight excluding hydrogens is 525 g/mol. The van der Waals surface area contributed by atoms with Crippen LogP contribution in [0, 0.1) is 25.1 Å². The summed E-state index contributed by atoms with van der Waals surface area (Å²) in [7, 11) is 9.95. The van der Waals surface area contributed by atoms with Gasteiger partial charge in [-0.05, 0) is 0 Å². The van der Waals surface area contributed by atoms with E-state index in [4.69, 9.17) is 15.2 Å². The van der Waals surface area contributed by atoms with Crippen molar-refractivity contribution in [1.82, 2.24) is 0 Å². The van der Waals surface area contributed by atoms with Gasteiger partial charge in [0.25, 0.3) is 0 Å². The molecule has 4 aromatic carbocycles. The van der Waals surface area contributed by atoms with Gasteiger partial charge in [-0.25, -0.2) is 0 Å². The molecule has 3 heteroatoms. The molecule has 0 amide bonds. The van der Waals surface area contributed by atoms with Crippen LogP contribution in [0.1, 0.15) is 0 Å². The number of fused-ring (bicyclic) bond motifs is 2. The molecule has 0 nitrogen and oxygen atoms in total. The SMILES string of the molecule is [Cl][U][Cl].c1ccc2[cH-]ccc2c1.c1ccc2[cH-]ccc2c1. The van der Waals surface area contributed by atoms with E-state index in [-0.39, 0.29) is 0 Å². The second-order valence-corrected chi connectivity index (χ2v) is 10.3. The summed E-state index contributed by atoms with van der Waals surface area (Å²) in [6.07, 6.45) is 0. The quantitative estimate of drug-likeness (QED) is 0.224. The van der Waals surface area contributed by atoms with Gasteiger partial charge in [-0.1, -0.05) is 12.1 Å². The van der Waals surface area contributed by atoms with Gasteiger partial charge < -0.3 is 0 Å². The molecule has 0 radical (unpaired) electrons. The normalized spacial score (nSPS) is 9.24. The molecule has 0 fully saturated rings. The fourth-order valence-electron chi connectivity index (χ4n) is 2.14. The van der Waals surface area contributed by atoms with Gasteiger partial charge in [0.1, 0.15) is 0 Å². The van der Waals surface area contributed by atoms with E-state index >= 15 is 0 Å². The average Bonchev–Trinajstić information content (AvgIpc) is 3.17. The van der Waals surface area contributed by atoms with Crippen molar-refractivity contribution < 1.29 is 25.1 Å². The van der Waals surface area contributed by atoms with E-state index in [2.05, 4.69) is 84.9 Å². The van der Waals surface area contributed by atoms with Gasteiger partial charge in [0.2, 0.25) is 0 Å². The summed E-state index contributed by atoms with van der Waals surface area (Å²) in [4.78, 5) is 0. The van der Waals surface area contributed by atoms with E-state index in [0.29, 0.717) is 0 Å². The predicted molar refractivity (Wildman–Crippen MR) is 90.8 cm³/mol. The first kappa shape index (κ1) is 16.7. The van der Waals surface area contributed by atoms with E-state index in [0.717, 1.165) is 0 Å². The Labute approximate surface area is 145 Å². The first-order chi connectivity index (χ1) is 10.3. The van der Waals surface area contributed by atoms with Crippen molar-refractivity contribution in [2.24, 2.45) is 0 Å². The molecule has 0 saturated heterocycles. The summed E-state index contributed by atoms with van der Waals surface area (Å²) in [5, 5.41) is 5.32. The Morgan fingerprint density at radius 1 is 0.619 bits per heavy atom. The number of halogens is 2. The molecule has 0 spiro atoms. The Balaban J connectivity index is 0.000000130. The molecule has 4 aromatic rings. The van der Waals surface area contributed by atoms with Crippen LogP contribution in [0.15, 0.2) is 84.9 Å². The molecule has 21 heavy (non-hydrogen) atoms. The molecule has 0 saturated carbocycles. The maximum Gasteiger partial charge on any atom is -0.0809 e. The van der Waals surface area contributed by atoms with Crippen molar-refractivity contribution in [1.29, 1.82) is 0 Å². The molecule has 0 aromatic heterocycles. The first-order valence-electron chi connectivity index (χ1n) is 6.52. The van der Waals surface area contributed by atoms with Crippen LogP contribution in [0.5, 0.6) is 0 Å². The molecule has 0 heterocycles. The zero-order valence-electron chi connectivity index (χ0n) is 11.3. The van der Waals surface area contributed by atoms with E-state index in [1.165, 1.54) is 21.5 Å². The van der Waals surface area contributed by atoms with Gasteiger partial charge in [-0.2, -0.15) is 35.0 Å². The van der Waals surface area contributed by atoms with Gasteiger partial charge in [0, 0.05) is 0 Å². The van der Waals surface area contributed by atoms with E-state index in [9.17, 15) is 0 Å². The first-order valence-corrected chi connectivity index (χ1v) is 16.7. The third-order valence-corrected chi connectivity index (χ3v) is 3.10. The van der Waals surface area contributed by atoms with Gasteiger partial charge >= 0.3 is 40.3 Å². The Bertz CT molecular complexity index is 644. The third-order valence-electron chi connectivity index (χ3n) is 3.10. The van der Waals surface area contributed by atoms with Crippen LogP contribution in [0.4, 0.5) is 0 Å². The molecule has 106 valence electrons. The van der Waals surface area contributed by atoms with Crippen LogP contribution in [0.2, 0.25) is 0 Å². The van der Waals surface area contributed by atoms with Crippen LogP contribution < -0.4 is 0 Å². The Hall–Kier alpha value is -0.708. The fraction of sp³-hybridized carbons (Fsp3) is 0. The van der Waals surface area contributed by atoms with Gasteiger partial charge in [-0.15, -0.1) is 59.3 Å². The molecule has 0 aliphatic carbocycles. The maximum atomic E-state index is 4.97. The summed E-state index contributed by atoms with van der Waals surface area (Å²) in [5.41, 5.74) is 0. The van der Waals surface area contributed by atoms with Crippen molar-refractivity contribution in [3.05, 3.63) is 84.9 Å². The molecular formula is C18H14Cl2U-2. The Kier molecular flexibility index (Phi) is 7.41. The molecule has 4 rings (SSSR count). The minimum absolute atomic E-state index is 1.06. The summed E-state index contributed by atoms with van der Waals surface area (Å²) < 4.78 is 0. The van der Waals surface area contributed by atoms with Crippen LogP contribution in [-0.4, -0.2) is 0 Å². The number of hydrogen-bond acceptors (Lipinski definition) is 0. The summed E-state index contributed by atoms with van der Waals surface area (Å²) in [6, 6.07) is 29.3. The minimum Gasteiger partial charge on any atom is -0.168 e. The predicted octanol–water partition coefficient (Wildman–Crippen LogP) is 6.50. The van der Waals surface area contributed by atoms with Crippen molar-refractivity contribution >= 4 is 36.8 Å². The fourth-order valence-corrected chi connectivity index (χ4v) is 2.14. The maximum absolute atomic E-state index is 4.97. The van der Waals surface area contributed by atoms with Crippen LogP contribution in [0.3, 0.4) is 0 Å². The van der Waals surface area contributed by atoms with Crippen LogP contribution in [0.25, 0.3) is 21.5 Å². The number of benzene rings is 2.